The molecule has 0 aliphatic heterocycles. The van der Waals surface area contributed by atoms with Crippen LogP contribution in [0.25, 0.3) is 15.9 Å². The van der Waals surface area contributed by atoms with Gasteiger partial charge in [-0.05, 0) is 41.3 Å². The fourth-order valence-electron chi connectivity index (χ4n) is 2.87. The van der Waals surface area contributed by atoms with Crippen LogP contribution in [0.4, 0.5) is 4.39 Å². The highest BCUT2D eigenvalue weighted by Crippen LogP contribution is 2.27. The predicted molar refractivity (Wildman–Crippen MR) is 124 cm³/mol. The molecule has 0 spiro atoms. The molecule has 0 aliphatic carbocycles. The number of thioether (sulfide) groups is 1. The number of benzene rings is 2. The molecule has 0 saturated heterocycles. The molecule has 4 aromatic rings. The molecule has 10 heteroatoms. The molecule has 5 nitrogen and oxygen atoms in total. The lowest BCUT2D eigenvalue weighted by molar-refractivity contribution is -0.118. The Bertz CT molecular complexity index is 1340. The van der Waals surface area contributed by atoms with Crippen molar-refractivity contribution in [3.05, 3.63) is 85.7 Å². The summed E-state index contributed by atoms with van der Waals surface area (Å²) in [5.41, 5.74) is 1.51. The lowest BCUT2D eigenvalue weighted by atomic mass is 10.2. The first-order valence-corrected chi connectivity index (χ1v) is 11.6. The molecule has 1 N–H and O–H groups in total. The molecule has 0 atom stereocenters. The van der Waals surface area contributed by atoms with Crippen LogP contribution in [0.3, 0.4) is 0 Å². The largest absolute Gasteiger partial charge is 0.351 e. The van der Waals surface area contributed by atoms with Crippen LogP contribution in [-0.4, -0.2) is 21.2 Å². The molecular formula is C21H14Cl2FN3O2S2. The number of hydrogen-bond donors (Lipinski definition) is 1. The number of hydrogen-bond acceptors (Lipinski definition) is 5. The van der Waals surface area contributed by atoms with Crippen LogP contribution in [-0.2, 0) is 11.3 Å². The van der Waals surface area contributed by atoms with Gasteiger partial charge in [-0.1, -0.05) is 53.2 Å². The van der Waals surface area contributed by atoms with Gasteiger partial charge in [0.25, 0.3) is 5.56 Å². The second-order valence-electron chi connectivity index (χ2n) is 6.44. The van der Waals surface area contributed by atoms with E-state index in [0.29, 0.717) is 31.6 Å². The van der Waals surface area contributed by atoms with Gasteiger partial charge in [0.05, 0.1) is 27.0 Å². The van der Waals surface area contributed by atoms with Gasteiger partial charge in [0.15, 0.2) is 5.16 Å². The Morgan fingerprint density at radius 1 is 1.16 bits per heavy atom. The zero-order valence-electron chi connectivity index (χ0n) is 15.8. The SMILES string of the molecule is O=C(CSc1nc2ccsc2c(=O)n1-c1ccccc1Cl)NCc1ccc(F)c(Cl)c1. The Morgan fingerprint density at radius 3 is 2.74 bits per heavy atom. The maximum atomic E-state index is 13.3. The molecule has 158 valence electrons. The van der Waals surface area contributed by atoms with Crippen molar-refractivity contribution < 1.29 is 9.18 Å². The third-order valence-electron chi connectivity index (χ3n) is 4.35. The average Bonchev–Trinajstić information content (AvgIpc) is 3.23. The molecule has 4 rings (SSSR count). The Labute approximate surface area is 194 Å². The van der Waals surface area contributed by atoms with Crippen LogP contribution < -0.4 is 10.9 Å². The smallest absolute Gasteiger partial charge is 0.276 e. The fraction of sp³-hybridized carbons (Fsp3) is 0.0952. The number of nitrogens with one attached hydrogen (secondary N) is 1. The molecule has 2 aromatic carbocycles. The molecule has 0 saturated carbocycles. The molecule has 1 amide bonds. The second-order valence-corrected chi connectivity index (χ2v) is 9.11. The quantitative estimate of drug-likeness (QED) is 0.292. The van der Waals surface area contributed by atoms with E-state index in [1.807, 2.05) is 0 Å². The molecule has 2 aromatic heterocycles. The van der Waals surface area contributed by atoms with Crippen molar-refractivity contribution in [1.82, 2.24) is 14.9 Å². The third-order valence-corrected chi connectivity index (χ3v) is 6.79. The number of halogens is 3. The summed E-state index contributed by atoms with van der Waals surface area (Å²) in [4.78, 5) is 30.0. The summed E-state index contributed by atoms with van der Waals surface area (Å²) in [6.07, 6.45) is 0. The third kappa shape index (κ3) is 4.77. The van der Waals surface area contributed by atoms with Gasteiger partial charge in [-0.3, -0.25) is 14.2 Å². The van der Waals surface area contributed by atoms with Crippen molar-refractivity contribution in [2.45, 2.75) is 11.7 Å². The number of carbonyl (C=O) groups is 1. The van der Waals surface area contributed by atoms with Gasteiger partial charge in [-0.15, -0.1) is 11.3 Å². The normalized spacial score (nSPS) is 11.1. The Balaban J connectivity index is 1.56. The van der Waals surface area contributed by atoms with Crippen molar-refractivity contribution in [3.63, 3.8) is 0 Å². The first-order chi connectivity index (χ1) is 14.9. The van der Waals surface area contributed by atoms with E-state index in [0.717, 1.165) is 11.8 Å². The van der Waals surface area contributed by atoms with Gasteiger partial charge in [0, 0.05) is 6.54 Å². The number of carbonyl (C=O) groups excluding carboxylic acids is 1. The molecule has 0 unspecified atom stereocenters. The number of rotatable bonds is 6. The van der Waals surface area contributed by atoms with E-state index >= 15 is 0 Å². The summed E-state index contributed by atoms with van der Waals surface area (Å²) in [6.45, 7) is 0.202. The van der Waals surface area contributed by atoms with Crippen LogP contribution in [0.15, 0.2) is 63.9 Å². The van der Waals surface area contributed by atoms with Gasteiger partial charge in [-0.25, -0.2) is 9.37 Å². The van der Waals surface area contributed by atoms with Gasteiger partial charge in [0.1, 0.15) is 10.5 Å². The van der Waals surface area contributed by atoms with Crippen molar-refractivity contribution >= 4 is 62.4 Å². The van der Waals surface area contributed by atoms with E-state index in [1.54, 1.807) is 41.8 Å². The fourth-order valence-corrected chi connectivity index (χ4v) is 4.88. The van der Waals surface area contributed by atoms with E-state index in [-0.39, 0.29) is 28.8 Å². The Kier molecular flexibility index (Phi) is 6.62. The number of thiophene rings is 1. The summed E-state index contributed by atoms with van der Waals surface area (Å²) in [7, 11) is 0. The first-order valence-electron chi connectivity index (χ1n) is 9.02. The van der Waals surface area contributed by atoms with Gasteiger partial charge in [0.2, 0.25) is 5.91 Å². The molecule has 2 heterocycles. The van der Waals surface area contributed by atoms with Crippen LogP contribution in [0, 0.1) is 5.82 Å². The van der Waals surface area contributed by atoms with Gasteiger partial charge >= 0.3 is 0 Å². The number of amides is 1. The Hall–Kier alpha value is -2.39. The highest BCUT2D eigenvalue weighted by atomic mass is 35.5. The lowest BCUT2D eigenvalue weighted by Crippen LogP contribution is -2.26. The first kappa shape index (κ1) is 21.8. The maximum Gasteiger partial charge on any atom is 0.276 e. The lowest BCUT2D eigenvalue weighted by Gasteiger charge is -2.13. The number of para-hydroxylation sites is 1. The second kappa shape index (κ2) is 9.40. The van der Waals surface area contributed by atoms with E-state index in [2.05, 4.69) is 10.3 Å². The maximum absolute atomic E-state index is 13.3. The summed E-state index contributed by atoms with van der Waals surface area (Å²) < 4.78 is 15.2. The highest BCUT2D eigenvalue weighted by molar-refractivity contribution is 7.99. The van der Waals surface area contributed by atoms with Crippen LogP contribution in [0.2, 0.25) is 10.0 Å². The van der Waals surface area contributed by atoms with Crippen molar-refractivity contribution in [2.75, 3.05) is 5.75 Å². The van der Waals surface area contributed by atoms with Crippen molar-refractivity contribution in [1.29, 1.82) is 0 Å². The van der Waals surface area contributed by atoms with Crippen LogP contribution in [0.1, 0.15) is 5.56 Å². The summed E-state index contributed by atoms with van der Waals surface area (Å²) in [5.74, 6) is -0.753. The zero-order valence-corrected chi connectivity index (χ0v) is 18.9. The molecule has 0 fully saturated rings. The topological polar surface area (TPSA) is 64.0 Å². The van der Waals surface area contributed by atoms with E-state index in [9.17, 15) is 14.0 Å². The van der Waals surface area contributed by atoms with Crippen LogP contribution in [0.5, 0.6) is 0 Å². The summed E-state index contributed by atoms with van der Waals surface area (Å²) in [6, 6.07) is 13.0. The molecule has 0 aliphatic rings. The minimum atomic E-state index is -0.514. The predicted octanol–water partition coefficient (Wildman–Crippen LogP) is 5.30. The molecule has 0 radical (unpaired) electrons. The molecular weight excluding hydrogens is 480 g/mol. The number of nitrogens with zero attached hydrogens (tertiary/aromatic N) is 2. The average molecular weight is 494 g/mol. The van der Waals surface area contributed by atoms with Gasteiger partial charge in [-0.2, -0.15) is 0 Å². The van der Waals surface area contributed by atoms with E-state index in [4.69, 9.17) is 23.2 Å². The monoisotopic (exact) mass is 493 g/mol. The van der Waals surface area contributed by atoms with Gasteiger partial charge < -0.3 is 5.32 Å². The zero-order chi connectivity index (χ0) is 22.0. The number of aromatic nitrogens is 2. The van der Waals surface area contributed by atoms with E-state index < -0.39 is 5.82 Å². The Morgan fingerprint density at radius 2 is 1.97 bits per heavy atom. The molecule has 0 bridgehead atoms. The summed E-state index contributed by atoms with van der Waals surface area (Å²) >= 11 is 14.5. The minimum absolute atomic E-state index is 0.00172. The van der Waals surface area contributed by atoms with E-state index in [1.165, 1.54) is 28.0 Å². The van der Waals surface area contributed by atoms with Crippen molar-refractivity contribution in [3.8, 4) is 5.69 Å². The van der Waals surface area contributed by atoms with Crippen LogP contribution >= 0.6 is 46.3 Å². The molecule has 31 heavy (non-hydrogen) atoms. The van der Waals surface area contributed by atoms with Crippen molar-refractivity contribution in [2.24, 2.45) is 0 Å². The minimum Gasteiger partial charge on any atom is -0.351 e. The summed E-state index contributed by atoms with van der Waals surface area (Å²) in [5, 5.41) is 5.32. The number of fused-ring (bicyclic) bond motifs is 1. The highest BCUT2D eigenvalue weighted by Gasteiger charge is 2.17. The standard InChI is InChI=1S/C21H14Cl2FN3O2S2/c22-13-3-1-2-4-17(13)27-20(29)19-16(7-8-30-19)26-21(27)31-11-18(28)25-10-12-5-6-15(24)14(23)9-12/h1-9H,10-11H2,(H,25,28).